The minimum absolute atomic E-state index is 0.0458. The smallest absolute Gasteiger partial charge is 0.355 e. The molecule has 36 heavy (non-hydrogen) atoms. The van der Waals surface area contributed by atoms with Crippen molar-refractivity contribution in [1.82, 2.24) is 9.29 Å². The van der Waals surface area contributed by atoms with Crippen LogP contribution >= 0.6 is 0 Å². The lowest BCUT2D eigenvalue weighted by Crippen LogP contribution is -2.40. The van der Waals surface area contributed by atoms with E-state index in [2.05, 4.69) is 10.3 Å². The van der Waals surface area contributed by atoms with Crippen molar-refractivity contribution in [1.29, 1.82) is 0 Å². The van der Waals surface area contributed by atoms with Crippen molar-refractivity contribution >= 4 is 33.6 Å². The van der Waals surface area contributed by atoms with E-state index in [0.29, 0.717) is 30.0 Å². The second-order valence-corrected chi connectivity index (χ2v) is 10.3. The summed E-state index contributed by atoms with van der Waals surface area (Å²) in [6.07, 6.45) is -1.20. The highest BCUT2D eigenvalue weighted by molar-refractivity contribution is 7.89. The molecule has 0 unspecified atom stereocenters. The SMILES string of the molecule is CCOC(=O)c1c(C)[nH]c(C(=O)O[C@@H](C)C(=O)Nc2ccc(C)c(S(=O)(=O)N3CCOCC3)c2)c1C. The van der Waals surface area contributed by atoms with E-state index in [0.717, 1.165) is 0 Å². The molecule has 0 bridgehead atoms. The van der Waals surface area contributed by atoms with Crippen LogP contribution in [0.2, 0.25) is 0 Å². The Kier molecular flexibility index (Phi) is 8.54. The minimum atomic E-state index is -3.77. The average molecular weight is 522 g/mol. The molecule has 1 saturated heterocycles. The van der Waals surface area contributed by atoms with Crippen molar-refractivity contribution in [2.24, 2.45) is 0 Å². The van der Waals surface area contributed by atoms with Crippen LogP contribution in [0.1, 0.15) is 51.5 Å². The molecule has 3 rings (SSSR count). The van der Waals surface area contributed by atoms with Crippen molar-refractivity contribution in [2.45, 2.75) is 45.6 Å². The number of nitrogens with one attached hydrogen (secondary N) is 2. The van der Waals surface area contributed by atoms with Gasteiger partial charge in [-0.1, -0.05) is 6.07 Å². The van der Waals surface area contributed by atoms with Gasteiger partial charge in [-0.2, -0.15) is 4.31 Å². The van der Waals surface area contributed by atoms with E-state index in [1.807, 2.05) is 0 Å². The van der Waals surface area contributed by atoms with Gasteiger partial charge < -0.3 is 24.5 Å². The van der Waals surface area contributed by atoms with Gasteiger partial charge in [-0.25, -0.2) is 18.0 Å². The number of rotatable bonds is 8. The lowest BCUT2D eigenvalue weighted by molar-refractivity contribution is -0.123. The number of morpholine rings is 1. The number of hydrogen-bond donors (Lipinski definition) is 2. The zero-order valence-electron chi connectivity index (χ0n) is 21.0. The summed E-state index contributed by atoms with van der Waals surface area (Å²) >= 11 is 0. The Morgan fingerprint density at radius 2 is 1.81 bits per heavy atom. The monoisotopic (exact) mass is 521 g/mol. The maximum absolute atomic E-state index is 13.1. The number of carbonyl (C=O) groups is 3. The van der Waals surface area contributed by atoms with Crippen LogP contribution in [0.3, 0.4) is 0 Å². The van der Waals surface area contributed by atoms with Gasteiger partial charge >= 0.3 is 11.9 Å². The number of anilines is 1. The van der Waals surface area contributed by atoms with E-state index in [1.165, 1.54) is 17.3 Å². The second-order valence-electron chi connectivity index (χ2n) is 8.38. The third kappa shape index (κ3) is 5.77. The predicted molar refractivity (Wildman–Crippen MR) is 130 cm³/mol. The third-order valence-electron chi connectivity index (χ3n) is 5.82. The molecule has 12 heteroatoms. The largest absolute Gasteiger partial charge is 0.462 e. The fourth-order valence-corrected chi connectivity index (χ4v) is 5.52. The van der Waals surface area contributed by atoms with Crippen molar-refractivity contribution in [3.8, 4) is 0 Å². The second kappa shape index (κ2) is 11.2. The Morgan fingerprint density at radius 1 is 1.14 bits per heavy atom. The molecule has 0 spiro atoms. The fraction of sp³-hybridized carbons (Fsp3) is 0.458. The standard InChI is InChI=1S/C24H31N3O8S/c1-6-34-23(29)20-15(3)21(25-16(20)4)24(30)35-17(5)22(28)26-18-8-7-14(2)19(13-18)36(31,32)27-9-11-33-12-10-27/h7-8,13,17,25H,6,9-12H2,1-5H3,(H,26,28)/t17-/m0/s1. The van der Waals surface area contributed by atoms with Gasteiger partial charge in [0.15, 0.2) is 6.10 Å². The number of amides is 1. The molecule has 0 saturated carbocycles. The molecule has 1 atom stereocenters. The Hall–Kier alpha value is -3.22. The normalized spacial score (nSPS) is 15.2. The van der Waals surface area contributed by atoms with Crippen LogP contribution in [0.25, 0.3) is 0 Å². The molecule has 11 nitrogen and oxygen atoms in total. The number of carbonyl (C=O) groups excluding carboxylic acids is 3. The first kappa shape index (κ1) is 27.4. The first-order valence-electron chi connectivity index (χ1n) is 11.5. The van der Waals surface area contributed by atoms with Gasteiger partial charge in [-0.05, 0) is 57.9 Å². The lowest BCUT2D eigenvalue weighted by Gasteiger charge is -2.27. The van der Waals surface area contributed by atoms with Crippen molar-refractivity contribution < 1.29 is 37.0 Å². The van der Waals surface area contributed by atoms with Crippen molar-refractivity contribution in [2.75, 3.05) is 38.2 Å². The minimum Gasteiger partial charge on any atom is -0.462 e. The molecule has 1 aromatic heterocycles. The number of aromatic amines is 1. The molecule has 2 heterocycles. The fourth-order valence-electron chi connectivity index (χ4n) is 3.86. The van der Waals surface area contributed by atoms with Gasteiger partial charge in [0, 0.05) is 24.5 Å². The summed E-state index contributed by atoms with van der Waals surface area (Å²) in [5.74, 6) is -2.02. The number of ether oxygens (including phenoxy) is 3. The van der Waals surface area contributed by atoms with Gasteiger partial charge in [0.25, 0.3) is 5.91 Å². The first-order valence-corrected chi connectivity index (χ1v) is 13.0. The number of benzene rings is 1. The van der Waals surface area contributed by atoms with Gasteiger partial charge in [-0.3, -0.25) is 4.79 Å². The molecule has 0 aliphatic carbocycles. The highest BCUT2D eigenvalue weighted by Gasteiger charge is 2.29. The van der Waals surface area contributed by atoms with Crippen LogP contribution in [-0.2, 0) is 29.0 Å². The van der Waals surface area contributed by atoms with Crippen LogP contribution in [0.15, 0.2) is 23.1 Å². The van der Waals surface area contributed by atoms with E-state index in [1.54, 1.807) is 39.8 Å². The zero-order valence-corrected chi connectivity index (χ0v) is 21.8. The summed E-state index contributed by atoms with van der Waals surface area (Å²) in [7, 11) is -3.77. The maximum Gasteiger partial charge on any atom is 0.355 e. The molecule has 1 fully saturated rings. The van der Waals surface area contributed by atoms with Gasteiger partial charge in [0.05, 0.1) is 30.3 Å². The van der Waals surface area contributed by atoms with E-state index in [4.69, 9.17) is 14.2 Å². The number of hydrogen-bond acceptors (Lipinski definition) is 8. The van der Waals surface area contributed by atoms with Crippen LogP contribution < -0.4 is 5.32 Å². The molecule has 1 amide bonds. The highest BCUT2D eigenvalue weighted by Crippen LogP contribution is 2.25. The topological polar surface area (TPSA) is 144 Å². The number of sulfonamides is 1. The average Bonchev–Trinajstić information content (AvgIpc) is 3.14. The molecule has 1 aliphatic heterocycles. The molecule has 1 aliphatic rings. The van der Waals surface area contributed by atoms with E-state index in [-0.39, 0.29) is 41.5 Å². The molecule has 2 N–H and O–H groups in total. The predicted octanol–water partition coefficient (Wildman–Crippen LogP) is 2.32. The van der Waals surface area contributed by atoms with Crippen LogP contribution in [-0.4, -0.2) is 74.6 Å². The summed E-state index contributed by atoms with van der Waals surface area (Å²) in [4.78, 5) is 40.5. The molecular formula is C24H31N3O8S. The summed E-state index contributed by atoms with van der Waals surface area (Å²) < 4.78 is 43.1. The van der Waals surface area contributed by atoms with E-state index < -0.39 is 34.0 Å². The highest BCUT2D eigenvalue weighted by atomic mass is 32.2. The molecule has 196 valence electrons. The molecule has 2 aromatic rings. The molecule has 1 aromatic carbocycles. The Balaban J connectivity index is 1.72. The summed E-state index contributed by atoms with van der Waals surface area (Å²) in [6.45, 7) is 9.29. The number of aryl methyl sites for hydroxylation is 2. The zero-order chi connectivity index (χ0) is 26.6. The quantitative estimate of drug-likeness (QED) is 0.504. The number of esters is 2. The van der Waals surface area contributed by atoms with Gasteiger partial charge in [0.2, 0.25) is 10.0 Å². The van der Waals surface area contributed by atoms with Crippen LogP contribution in [0, 0.1) is 20.8 Å². The summed E-state index contributed by atoms with van der Waals surface area (Å²) in [6, 6.07) is 4.56. The van der Waals surface area contributed by atoms with Crippen molar-refractivity contribution in [3.63, 3.8) is 0 Å². The molecular weight excluding hydrogens is 490 g/mol. The number of nitrogens with zero attached hydrogens (tertiary/aromatic N) is 1. The van der Waals surface area contributed by atoms with Crippen molar-refractivity contribution in [3.05, 3.63) is 46.3 Å². The summed E-state index contributed by atoms with van der Waals surface area (Å²) in [5, 5.41) is 2.60. The first-order chi connectivity index (χ1) is 17.0. The van der Waals surface area contributed by atoms with Gasteiger partial charge in [-0.15, -0.1) is 0 Å². The Bertz CT molecular complexity index is 1260. The Morgan fingerprint density at radius 3 is 2.44 bits per heavy atom. The van der Waals surface area contributed by atoms with Crippen LogP contribution in [0.5, 0.6) is 0 Å². The van der Waals surface area contributed by atoms with E-state index >= 15 is 0 Å². The maximum atomic E-state index is 13.1. The summed E-state index contributed by atoms with van der Waals surface area (Å²) in [5.41, 5.74) is 1.88. The number of aromatic nitrogens is 1. The lowest BCUT2D eigenvalue weighted by atomic mass is 10.1. The number of H-pyrrole nitrogens is 1. The third-order valence-corrected chi connectivity index (χ3v) is 7.86. The van der Waals surface area contributed by atoms with Crippen LogP contribution in [0.4, 0.5) is 5.69 Å². The van der Waals surface area contributed by atoms with E-state index in [9.17, 15) is 22.8 Å². The van der Waals surface area contributed by atoms with Gasteiger partial charge in [0.1, 0.15) is 5.69 Å². The molecule has 0 radical (unpaired) electrons. The Labute approximate surface area is 210 Å².